The minimum atomic E-state index is -0.476. The van der Waals surface area contributed by atoms with Crippen LogP contribution >= 0.6 is 11.6 Å². The summed E-state index contributed by atoms with van der Waals surface area (Å²) in [6, 6.07) is 10.5. The number of benzene rings is 2. The average Bonchev–Trinajstić information content (AvgIpc) is 2.82. The van der Waals surface area contributed by atoms with Gasteiger partial charge in [0.1, 0.15) is 30.0 Å². The van der Waals surface area contributed by atoms with Gasteiger partial charge in [-0.2, -0.15) is 0 Å². The van der Waals surface area contributed by atoms with Gasteiger partial charge >= 0.3 is 0 Å². The second kappa shape index (κ2) is 5.33. The van der Waals surface area contributed by atoms with Crippen LogP contribution in [0, 0.1) is 12.7 Å². The van der Waals surface area contributed by atoms with Crippen LogP contribution in [0.4, 0.5) is 4.39 Å². The Bertz CT molecular complexity index is 642. The molecular formula is C16H14ClFO2. The van der Waals surface area contributed by atoms with Crippen LogP contribution in [-0.2, 0) is 6.42 Å². The van der Waals surface area contributed by atoms with Crippen LogP contribution in [0.2, 0.25) is 5.02 Å². The smallest absolute Gasteiger partial charge is 0.145 e. The Hall–Kier alpha value is -1.74. The van der Waals surface area contributed by atoms with Gasteiger partial charge in [0.2, 0.25) is 0 Å². The second-order valence-corrected chi connectivity index (χ2v) is 5.35. The molecule has 4 heteroatoms. The minimum Gasteiger partial charge on any atom is -0.490 e. The summed E-state index contributed by atoms with van der Waals surface area (Å²) < 4.78 is 24.7. The molecule has 1 aliphatic rings. The maximum atomic E-state index is 13.3. The van der Waals surface area contributed by atoms with E-state index in [1.54, 1.807) is 6.07 Å². The van der Waals surface area contributed by atoms with Crippen molar-refractivity contribution in [3.8, 4) is 11.5 Å². The van der Waals surface area contributed by atoms with Gasteiger partial charge in [0.15, 0.2) is 0 Å². The molecule has 0 saturated carbocycles. The highest BCUT2D eigenvalue weighted by molar-refractivity contribution is 6.30. The van der Waals surface area contributed by atoms with Crippen molar-refractivity contribution in [2.45, 2.75) is 19.4 Å². The lowest BCUT2D eigenvalue weighted by molar-refractivity contribution is 0.148. The van der Waals surface area contributed by atoms with Crippen molar-refractivity contribution in [2.24, 2.45) is 0 Å². The van der Waals surface area contributed by atoms with Crippen molar-refractivity contribution in [1.29, 1.82) is 0 Å². The largest absolute Gasteiger partial charge is 0.490 e. The number of rotatable bonds is 3. The van der Waals surface area contributed by atoms with E-state index in [1.165, 1.54) is 23.3 Å². The van der Waals surface area contributed by atoms with Crippen molar-refractivity contribution in [3.05, 3.63) is 58.4 Å². The first-order valence-electron chi connectivity index (χ1n) is 6.46. The standard InChI is InChI=1S/C16H14ClFO2/c1-10-2-5-16-11(6-10)7-13(20-16)9-19-12-3-4-14(17)15(18)8-12/h2-6,8,13H,7,9H2,1H3. The Kier molecular flexibility index (Phi) is 3.53. The summed E-state index contributed by atoms with van der Waals surface area (Å²) in [7, 11) is 0. The molecule has 0 radical (unpaired) electrons. The quantitative estimate of drug-likeness (QED) is 0.845. The first-order valence-corrected chi connectivity index (χ1v) is 6.83. The Morgan fingerprint density at radius 3 is 2.95 bits per heavy atom. The molecule has 3 rings (SSSR count). The van der Waals surface area contributed by atoms with Gasteiger partial charge in [-0.1, -0.05) is 29.3 Å². The molecule has 0 N–H and O–H groups in total. The van der Waals surface area contributed by atoms with Gasteiger partial charge in [0.05, 0.1) is 5.02 Å². The van der Waals surface area contributed by atoms with Gasteiger partial charge in [-0.25, -0.2) is 4.39 Å². The van der Waals surface area contributed by atoms with Crippen molar-refractivity contribution in [3.63, 3.8) is 0 Å². The molecular weight excluding hydrogens is 279 g/mol. The molecule has 0 spiro atoms. The monoisotopic (exact) mass is 292 g/mol. The highest BCUT2D eigenvalue weighted by Gasteiger charge is 2.23. The lowest BCUT2D eigenvalue weighted by Gasteiger charge is -2.12. The number of ether oxygens (including phenoxy) is 2. The third kappa shape index (κ3) is 2.73. The Balaban J connectivity index is 1.62. The molecule has 1 unspecified atom stereocenters. The molecule has 2 nitrogen and oxygen atoms in total. The molecule has 0 saturated heterocycles. The number of aryl methyl sites for hydroxylation is 1. The lowest BCUT2D eigenvalue weighted by Crippen LogP contribution is -2.22. The van der Waals surface area contributed by atoms with Crippen molar-refractivity contribution >= 4 is 11.6 Å². The second-order valence-electron chi connectivity index (χ2n) is 4.94. The fraction of sp³-hybridized carbons (Fsp3) is 0.250. The molecule has 2 aromatic carbocycles. The number of hydrogen-bond acceptors (Lipinski definition) is 2. The maximum Gasteiger partial charge on any atom is 0.145 e. The molecule has 0 amide bonds. The summed E-state index contributed by atoms with van der Waals surface area (Å²) in [5.41, 5.74) is 2.41. The molecule has 0 aromatic heterocycles. The normalized spacial score (nSPS) is 16.6. The van der Waals surface area contributed by atoms with E-state index in [4.69, 9.17) is 21.1 Å². The predicted octanol–water partition coefficient (Wildman–Crippen LogP) is 4.17. The van der Waals surface area contributed by atoms with E-state index < -0.39 is 5.82 Å². The fourth-order valence-electron chi connectivity index (χ4n) is 2.30. The summed E-state index contributed by atoms with van der Waals surface area (Å²) in [5, 5.41) is 0.0948. The van der Waals surface area contributed by atoms with E-state index in [2.05, 4.69) is 13.0 Å². The molecule has 104 valence electrons. The van der Waals surface area contributed by atoms with Gasteiger partial charge in [-0.3, -0.25) is 0 Å². The maximum absolute atomic E-state index is 13.3. The highest BCUT2D eigenvalue weighted by atomic mass is 35.5. The van der Waals surface area contributed by atoms with Crippen molar-refractivity contribution < 1.29 is 13.9 Å². The predicted molar refractivity (Wildman–Crippen MR) is 76.2 cm³/mol. The van der Waals surface area contributed by atoms with Gasteiger partial charge in [0.25, 0.3) is 0 Å². The average molecular weight is 293 g/mol. The lowest BCUT2D eigenvalue weighted by atomic mass is 10.1. The number of halogens is 2. The van der Waals surface area contributed by atoms with E-state index >= 15 is 0 Å². The highest BCUT2D eigenvalue weighted by Crippen LogP contribution is 2.30. The van der Waals surface area contributed by atoms with Crippen LogP contribution in [-0.4, -0.2) is 12.7 Å². The Labute approximate surface area is 122 Å². The molecule has 1 heterocycles. The zero-order valence-electron chi connectivity index (χ0n) is 11.0. The third-order valence-corrected chi connectivity index (χ3v) is 3.59. The van der Waals surface area contributed by atoms with Crippen LogP contribution in [0.15, 0.2) is 36.4 Å². The number of fused-ring (bicyclic) bond motifs is 1. The summed E-state index contributed by atoms with van der Waals surface area (Å²) in [6.45, 7) is 2.44. The zero-order chi connectivity index (χ0) is 14.1. The van der Waals surface area contributed by atoms with E-state index in [-0.39, 0.29) is 11.1 Å². The summed E-state index contributed by atoms with van der Waals surface area (Å²) in [6.07, 6.45) is 0.776. The molecule has 1 atom stereocenters. The van der Waals surface area contributed by atoms with Gasteiger partial charge in [0, 0.05) is 12.5 Å². The summed E-state index contributed by atoms with van der Waals surface area (Å²) in [4.78, 5) is 0. The summed E-state index contributed by atoms with van der Waals surface area (Å²) >= 11 is 5.63. The summed E-state index contributed by atoms with van der Waals surface area (Å²) in [5.74, 6) is 0.893. The SMILES string of the molecule is Cc1ccc2c(c1)CC(COc1ccc(Cl)c(F)c1)O2. The molecule has 0 aliphatic carbocycles. The molecule has 20 heavy (non-hydrogen) atoms. The zero-order valence-corrected chi connectivity index (χ0v) is 11.8. The third-order valence-electron chi connectivity index (χ3n) is 3.28. The topological polar surface area (TPSA) is 18.5 Å². The van der Waals surface area contributed by atoms with Crippen molar-refractivity contribution in [1.82, 2.24) is 0 Å². The van der Waals surface area contributed by atoms with Crippen molar-refractivity contribution in [2.75, 3.05) is 6.61 Å². The van der Waals surface area contributed by atoms with Crippen LogP contribution < -0.4 is 9.47 Å². The fourth-order valence-corrected chi connectivity index (χ4v) is 2.42. The molecule has 1 aliphatic heterocycles. The molecule has 2 aromatic rings. The van der Waals surface area contributed by atoms with Crippen LogP contribution in [0.5, 0.6) is 11.5 Å². The first-order chi connectivity index (χ1) is 9.61. The molecule has 0 bridgehead atoms. The van der Waals surface area contributed by atoms with Crippen LogP contribution in [0.3, 0.4) is 0 Å². The Morgan fingerprint density at radius 1 is 1.30 bits per heavy atom. The van der Waals surface area contributed by atoms with Crippen LogP contribution in [0.1, 0.15) is 11.1 Å². The van der Waals surface area contributed by atoms with Gasteiger partial charge < -0.3 is 9.47 Å². The van der Waals surface area contributed by atoms with E-state index in [1.807, 2.05) is 12.1 Å². The van der Waals surface area contributed by atoms with Crippen LogP contribution in [0.25, 0.3) is 0 Å². The van der Waals surface area contributed by atoms with E-state index in [0.717, 1.165) is 12.2 Å². The van der Waals surface area contributed by atoms with E-state index in [9.17, 15) is 4.39 Å². The van der Waals surface area contributed by atoms with Gasteiger partial charge in [-0.15, -0.1) is 0 Å². The van der Waals surface area contributed by atoms with E-state index in [0.29, 0.717) is 12.4 Å². The van der Waals surface area contributed by atoms with Gasteiger partial charge in [-0.05, 0) is 30.7 Å². The Morgan fingerprint density at radius 2 is 2.15 bits per heavy atom. The first kappa shape index (κ1) is 13.3. The minimum absolute atomic E-state index is 0.0365. The molecule has 0 fully saturated rings. The number of hydrogen-bond donors (Lipinski definition) is 0.